The van der Waals surface area contributed by atoms with Gasteiger partial charge in [0.2, 0.25) is 5.91 Å². The maximum absolute atomic E-state index is 13.8. The number of aromatic nitrogens is 5. The maximum Gasteiger partial charge on any atom is 0.264 e. The molecule has 0 saturated heterocycles. The molecule has 0 aliphatic heterocycles. The van der Waals surface area contributed by atoms with Gasteiger partial charge in [0.25, 0.3) is 6.43 Å². The fraction of sp³-hybridized carbons (Fsp3) is 0.333. The molecular weight excluding hydrogens is 486 g/mol. The molecule has 11 heteroatoms. The summed E-state index contributed by atoms with van der Waals surface area (Å²) in [4.78, 5) is 18.9. The van der Waals surface area contributed by atoms with Crippen molar-refractivity contribution in [2.75, 3.05) is 7.05 Å². The van der Waals surface area contributed by atoms with Crippen LogP contribution in [-0.4, -0.2) is 42.4 Å². The fourth-order valence-corrected chi connectivity index (χ4v) is 3.93. The van der Waals surface area contributed by atoms with Crippen molar-refractivity contribution in [1.82, 2.24) is 29.4 Å². The molecule has 4 aromatic heterocycles. The van der Waals surface area contributed by atoms with Gasteiger partial charge in [0.15, 0.2) is 11.4 Å². The minimum atomic E-state index is -2.73. The standard InChI is InChI=1S/C21H21BrF2N6O2/c1-4-29-9-14(22)16(27-29)10-28(3)18(31)11-30-21-19(12(2)26-30)13(20(23)24)8-15(25-21)17-6-5-7-32-17/h5-9,20H,4,10-11H2,1-3H3. The van der Waals surface area contributed by atoms with Crippen molar-refractivity contribution < 1.29 is 18.0 Å². The molecule has 168 valence electrons. The van der Waals surface area contributed by atoms with Crippen molar-refractivity contribution in [2.24, 2.45) is 0 Å². The highest BCUT2D eigenvalue weighted by Crippen LogP contribution is 2.33. The summed E-state index contributed by atoms with van der Waals surface area (Å²) in [7, 11) is 1.66. The van der Waals surface area contributed by atoms with Crippen LogP contribution in [0, 0.1) is 6.92 Å². The number of carbonyl (C=O) groups is 1. The van der Waals surface area contributed by atoms with E-state index < -0.39 is 6.43 Å². The zero-order valence-electron chi connectivity index (χ0n) is 17.7. The first-order valence-electron chi connectivity index (χ1n) is 9.94. The van der Waals surface area contributed by atoms with E-state index in [0.717, 1.165) is 10.2 Å². The molecule has 0 aliphatic rings. The molecule has 4 rings (SSSR count). The number of carbonyl (C=O) groups excluding carboxylic acids is 1. The van der Waals surface area contributed by atoms with Crippen LogP contribution in [0.5, 0.6) is 0 Å². The van der Waals surface area contributed by atoms with Gasteiger partial charge in [-0.15, -0.1) is 0 Å². The van der Waals surface area contributed by atoms with Crippen molar-refractivity contribution in [1.29, 1.82) is 0 Å². The second kappa shape index (κ2) is 8.81. The smallest absolute Gasteiger partial charge is 0.264 e. The van der Waals surface area contributed by atoms with E-state index in [4.69, 9.17) is 4.42 Å². The number of fused-ring (bicyclic) bond motifs is 1. The van der Waals surface area contributed by atoms with E-state index in [-0.39, 0.29) is 41.3 Å². The number of nitrogens with zero attached hydrogens (tertiary/aromatic N) is 6. The number of hydrogen-bond donors (Lipinski definition) is 0. The largest absolute Gasteiger partial charge is 0.463 e. The van der Waals surface area contributed by atoms with E-state index in [9.17, 15) is 13.6 Å². The van der Waals surface area contributed by atoms with Crippen LogP contribution < -0.4 is 0 Å². The summed E-state index contributed by atoms with van der Waals surface area (Å²) >= 11 is 3.46. The molecule has 4 aromatic rings. The van der Waals surface area contributed by atoms with E-state index in [1.807, 2.05) is 13.1 Å². The summed E-state index contributed by atoms with van der Waals surface area (Å²) in [5.74, 6) is 0.107. The molecule has 0 aliphatic carbocycles. The van der Waals surface area contributed by atoms with Gasteiger partial charge in [-0.05, 0) is 48.0 Å². The summed E-state index contributed by atoms with van der Waals surface area (Å²) in [6.45, 7) is 4.45. The summed E-state index contributed by atoms with van der Waals surface area (Å²) in [6, 6.07) is 4.60. The van der Waals surface area contributed by atoms with Crippen molar-refractivity contribution >= 4 is 32.9 Å². The van der Waals surface area contributed by atoms with Gasteiger partial charge >= 0.3 is 0 Å². The molecular formula is C21H21BrF2N6O2. The number of aryl methyl sites for hydroxylation is 2. The van der Waals surface area contributed by atoms with Crippen LogP contribution >= 0.6 is 15.9 Å². The van der Waals surface area contributed by atoms with Gasteiger partial charge in [-0.25, -0.2) is 18.4 Å². The monoisotopic (exact) mass is 506 g/mol. The molecule has 0 atom stereocenters. The molecule has 0 saturated carbocycles. The Kier molecular flexibility index (Phi) is 6.09. The number of halogens is 3. The molecule has 0 N–H and O–H groups in total. The summed E-state index contributed by atoms with van der Waals surface area (Å²) in [5, 5.41) is 9.01. The third kappa shape index (κ3) is 4.16. The minimum Gasteiger partial charge on any atom is -0.463 e. The van der Waals surface area contributed by atoms with Crippen molar-refractivity contribution in [2.45, 2.75) is 39.9 Å². The van der Waals surface area contributed by atoms with Crippen LogP contribution in [0.1, 0.15) is 30.3 Å². The second-order valence-electron chi connectivity index (χ2n) is 7.35. The van der Waals surface area contributed by atoms with Crippen molar-refractivity contribution in [3.05, 3.63) is 52.1 Å². The van der Waals surface area contributed by atoms with Gasteiger partial charge in [-0.2, -0.15) is 10.2 Å². The first-order valence-corrected chi connectivity index (χ1v) is 10.7. The Morgan fingerprint density at radius 1 is 1.34 bits per heavy atom. The Morgan fingerprint density at radius 2 is 2.12 bits per heavy atom. The Morgan fingerprint density at radius 3 is 2.75 bits per heavy atom. The Bertz CT molecular complexity index is 1270. The van der Waals surface area contributed by atoms with Crippen LogP contribution in [0.3, 0.4) is 0 Å². The topological polar surface area (TPSA) is 82.0 Å². The lowest BCUT2D eigenvalue weighted by molar-refractivity contribution is -0.131. The number of furan rings is 1. The lowest BCUT2D eigenvalue weighted by Crippen LogP contribution is -2.30. The molecule has 4 heterocycles. The van der Waals surface area contributed by atoms with E-state index in [1.54, 1.807) is 30.8 Å². The highest BCUT2D eigenvalue weighted by atomic mass is 79.9. The first kappa shape index (κ1) is 22.1. The number of alkyl halides is 2. The summed E-state index contributed by atoms with van der Waals surface area (Å²) < 4.78 is 36.9. The predicted octanol–water partition coefficient (Wildman–Crippen LogP) is 4.57. The Hall–Kier alpha value is -3.08. The van der Waals surface area contributed by atoms with Gasteiger partial charge in [-0.1, -0.05) is 0 Å². The number of hydrogen-bond acceptors (Lipinski definition) is 5. The van der Waals surface area contributed by atoms with Crippen LogP contribution in [0.4, 0.5) is 8.78 Å². The average molecular weight is 507 g/mol. The first-order chi connectivity index (χ1) is 15.3. The zero-order valence-corrected chi connectivity index (χ0v) is 19.3. The summed E-state index contributed by atoms with van der Waals surface area (Å²) in [5.41, 5.74) is 1.38. The minimum absolute atomic E-state index is 0.149. The highest BCUT2D eigenvalue weighted by Gasteiger charge is 2.23. The number of likely N-dealkylation sites (N-methyl/N-ethyl adjacent to an activating group) is 1. The predicted molar refractivity (Wildman–Crippen MR) is 117 cm³/mol. The molecule has 0 bridgehead atoms. The molecule has 0 spiro atoms. The normalized spacial score (nSPS) is 11.6. The van der Waals surface area contributed by atoms with Gasteiger partial charge < -0.3 is 9.32 Å². The summed E-state index contributed by atoms with van der Waals surface area (Å²) in [6.07, 6.45) is 0.571. The Labute approximate surface area is 190 Å². The van der Waals surface area contributed by atoms with Gasteiger partial charge in [0, 0.05) is 25.4 Å². The van der Waals surface area contributed by atoms with E-state index in [2.05, 4.69) is 31.1 Å². The molecule has 0 radical (unpaired) electrons. The van der Waals surface area contributed by atoms with Crippen molar-refractivity contribution in [3.63, 3.8) is 0 Å². The highest BCUT2D eigenvalue weighted by molar-refractivity contribution is 9.10. The lowest BCUT2D eigenvalue weighted by Gasteiger charge is -2.16. The van der Waals surface area contributed by atoms with Gasteiger partial charge in [0.05, 0.1) is 34.1 Å². The third-order valence-electron chi connectivity index (χ3n) is 5.13. The average Bonchev–Trinajstić information content (AvgIpc) is 3.48. The lowest BCUT2D eigenvalue weighted by atomic mass is 10.1. The Balaban J connectivity index is 1.66. The zero-order chi connectivity index (χ0) is 23.0. The molecule has 0 fully saturated rings. The fourth-order valence-electron chi connectivity index (χ4n) is 3.49. The van der Waals surface area contributed by atoms with Gasteiger partial charge in [-0.3, -0.25) is 9.48 Å². The third-order valence-corrected chi connectivity index (χ3v) is 5.79. The van der Waals surface area contributed by atoms with Crippen molar-refractivity contribution in [3.8, 4) is 11.5 Å². The molecule has 0 unspecified atom stereocenters. The van der Waals surface area contributed by atoms with Crippen LogP contribution in [0.15, 0.2) is 39.5 Å². The molecule has 1 amide bonds. The van der Waals surface area contributed by atoms with E-state index >= 15 is 0 Å². The second-order valence-corrected chi connectivity index (χ2v) is 8.20. The SMILES string of the molecule is CCn1cc(Br)c(CN(C)C(=O)Cn2nc(C)c3c(C(F)F)cc(-c4ccco4)nc32)n1. The molecule has 32 heavy (non-hydrogen) atoms. The van der Waals surface area contributed by atoms with E-state index in [0.29, 0.717) is 18.0 Å². The maximum atomic E-state index is 13.8. The van der Waals surface area contributed by atoms with E-state index in [1.165, 1.54) is 21.9 Å². The molecule has 0 aromatic carbocycles. The molecule has 8 nitrogen and oxygen atoms in total. The van der Waals surface area contributed by atoms with Gasteiger partial charge in [0.1, 0.15) is 12.2 Å². The number of pyridine rings is 1. The number of rotatable bonds is 7. The van der Waals surface area contributed by atoms with Crippen LogP contribution in [0.25, 0.3) is 22.5 Å². The quantitative estimate of drug-likeness (QED) is 0.366. The van der Waals surface area contributed by atoms with Crippen LogP contribution in [-0.2, 0) is 24.4 Å². The van der Waals surface area contributed by atoms with Crippen LogP contribution in [0.2, 0.25) is 0 Å². The number of amides is 1.